The minimum absolute atomic E-state index is 0.306. The van der Waals surface area contributed by atoms with Crippen LogP contribution in [0.2, 0.25) is 0 Å². The molecule has 0 unspecified atom stereocenters. The molecule has 2 saturated heterocycles. The highest BCUT2D eigenvalue weighted by Crippen LogP contribution is 2.24. The van der Waals surface area contributed by atoms with Gasteiger partial charge in [-0.3, -0.25) is 14.5 Å². The smallest absolute Gasteiger partial charge is 0.325 e. The number of amides is 4. The third kappa shape index (κ3) is 4.71. The second-order valence-corrected chi connectivity index (χ2v) is 8.43. The summed E-state index contributed by atoms with van der Waals surface area (Å²) in [7, 11) is 0. The van der Waals surface area contributed by atoms with Gasteiger partial charge in [0.15, 0.2) is 0 Å². The predicted molar refractivity (Wildman–Crippen MR) is 120 cm³/mol. The Morgan fingerprint density at radius 1 is 1.03 bits per heavy atom. The molecule has 2 heterocycles. The highest BCUT2D eigenvalue weighted by Gasteiger charge is 2.47. The standard InChI is InChI=1S/C24H28N4O3/c1-24(14-13-18-7-3-2-4-8-18)22(30)28(23(31)26-24)17-21(29)25-19-9-11-20(12-10-19)27-15-5-6-16-27/h2-4,7-12H,5-6,13-17H2,1H3,(H,25,29)(H,26,31)/t24-/m0/s1. The average molecular weight is 421 g/mol. The van der Waals surface area contributed by atoms with Crippen molar-refractivity contribution in [1.29, 1.82) is 0 Å². The summed E-state index contributed by atoms with van der Waals surface area (Å²) in [5.74, 6) is -0.766. The summed E-state index contributed by atoms with van der Waals surface area (Å²) in [6.07, 6.45) is 3.54. The number of carbonyl (C=O) groups excluding carboxylic acids is 3. The number of hydrogen-bond acceptors (Lipinski definition) is 4. The number of urea groups is 1. The summed E-state index contributed by atoms with van der Waals surface area (Å²) in [4.78, 5) is 41.1. The van der Waals surface area contributed by atoms with Crippen LogP contribution in [0.3, 0.4) is 0 Å². The first-order valence-corrected chi connectivity index (χ1v) is 10.8. The number of benzene rings is 2. The lowest BCUT2D eigenvalue weighted by Gasteiger charge is -2.21. The number of carbonyl (C=O) groups is 3. The van der Waals surface area contributed by atoms with E-state index < -0.39 is 17.5 Å². The highest BCUT2D eigenvalue weighted by molar-refractivity contribution is 6.09. The molecule has 0 saturated carbocycles. The first-order chi connectivity index (χ1) is 14.9. The highest BCUT2D eigenvalue weighted by atomic mass is 16.2. The van der Waals surface area contributed by atoms with Crippen LogP contribution in [0, 0.1) is 0 Å². The molecule has 31 heavy (non-hydrogen) atoms. The molecular weight excluding hydrogens is 392 g/mol. The van der Waals surface area contributed by atoms with Crippen molar-refractivity contribution in [2.45, 2.75) is 38.1 Å². The van der Waals surface area contributed by atoms with Crippen molar-refractivity contribution in [3.8, 4) is 0 Å². The molecule has 0 aromatic heterocycles. The van der Waals surface area contributed by atoms with Gasteiger partial charge in [-0.1, -0.05) is 30.3 Å². The number of rotatable bonds is 7. The van der Waals surface area contributed by atoms with E-state index in [-0.39, 0.29) is 12.5 Å². The van der Waals surface area contributed by atoms with Crippen LogP contribution in [0.1, 0.15) is 31.7 Å². The lowest BCUT2D eigenvalue weighted by Crippen LogP contribution is -2.45. The SMILES string of the molecule is C[C@@]1(CCc2ccccc2)NC(=O)N(CC(=O)Nc2ccc(N3CCCC3)cc2)C1=O. The molecule has 2 aromatic carbocycles. The second kappa shape index (κ2) is 8.79. The Balaban J connectivity index is 1.33. The molecular formula is C24H28N4O3. The Kier molecular flexibility index (Phi) is 5.93. The Bertz CT molecular complexity index is 955. The van der Waals surface area contributed by atoms with E-state index in [1.165, 1.54) is 12.8 Å². The second-order valence-electron chi connectivity index (χ2n) is 8.43. The van der Waals surface area contributed by atoms with Crippen LogP contribution in [0.5, 0.6) is 0 Å². The van der Waals surface area contributed by atoms with E-state index in [2.05, 4.69) is 15.5 Å². The van der Waals surface area contributed by atoms with Crippen LogP contribution in [0.15, 0.2) is 54.6 Å². The fourth-order valence-corrected chi connectivity index (χ4v) is 4.17. The zero-order valence-corrected chi connectivity index (χ0v) is 17.8. The molecule has 4 amide bonds. The number of aryl methyl sites for hydroxylation is 1. The van der Waals surface area contributed by atoms with Crippen molar-refractivity contribution in [2.75, 3.05) is 29.9 Å². The molecule has 162 valence electrons. The van der Waals surface area contributed by atoms with Gasteiger partial charge in [0.25, 0.3) is 5.91 Å². The molecule has 0 spiro atoms. The molecule has 4 rings (SSSR count). The Morgan fingerprint density at radius 2 is 1.71 bits per heavy atom. The third-order valence-electron chi connectivity index (χ3n) is 6.03. The zero-order valence-electron chi connectivity index (χ0n) is 17.8. The van der Waals surface area contributed by atoms with Crippen LogP contribution in [0.25, 0.3) is 0 Å². The van der Waals surface area contributed by atoms with Gasteiger partial charge in [-0.25, -0.2) is 4.79 Å². The number of nitrogens with zero attached hydrogens (tertiary/aromatic N) is 2. The van der Waals surface area contributed by atoms with Gasteiger partial charge in [-0.05, 0) is 62.4 Å². The predicted octanol–water partition coefficient (Wildman–Crippen LogP) is 3.17. The Labute approximate surface area is 182 Å². The Hall–Kier alpha value is -3.35. The van der Waals surface area contributed by atoms with Gasteiger partial charge in [0, 0.05) is 24.5 Å². The topological polar surface area (TPSA) is 81.8 Å². The van der Waals surface area contributed by atoms with Crippen molar-refractivity contribution >= 4 is 29.2 Å². The summed E-state index contributed by atoms with van der Waals surface area (Å²) >= 11 is 0. The molecule has 2 aliphatic heterocycles. The van der Waals surface area contributed by atoms with Crippen molar-refractivity contribution in [3.05, 3.63) is 60.2 Å². The van der Waals surface area contributed by atoms with E-state index in [0.29, 0.717) is 18.5 Å². The minimum atomic E-state index is -1.01. The summed E-state index contributed by atoms with van der Waals surface area (Å²) in [5, 5.41) is 5.54. The summed E-state index contributed by atoms with van der Waals surface area (Å²) < 4.78 is 0. The Morgan fingerprint density at radius 3 is 2.39 bits per heavy atom. The summed E-state index contributed by atoms with van der Waals surface area (Å²) in [6.45, 7) is 3.52. The molecule has 2 aromatic rings. The first kappa shape index (κ1) is 20.9. The monoisotopic (exact) mass is 420 g/mol. The lowest BCUT2D eigenvalue weighted by molar-refractivity contribution is -0.133. The van der Waals surface area contributed by atoms with Gasteiger partial charge in [0.1, 0.15) is 12.1 Å². The maximum absolute atomic E-state index is 12.9. The molecule has 7 heteroatoms. The molecule has 7 nitrogen and oxygen atoms in total. The van der Waals surface area contributed by atoms with Crippen molar-refractivity contribution in [2.24, 2.45) is 0 Å². The van der Waals surface area contributed by atoms with E-state index in [1.54, 1.807) is 6.92 Å². The van der Waals surface area contributed by atoms with Crippen molar-refractivity contribution in [1.82, 2.24) is 10.2 Å². The number of nitrogens with one attached hydrogen (secondary N) is 2. The van der Waals surface area contributed by atoms with E-state index in [0.717, 1.165) is 29.2 Å². The van der Waals surface area contributed by atoms with Crippen LogP contribution in [-0.4, -0.2) is 47.9 Å². The molecule has 0 bridgehead atoms. The number of hydrogen-bond donors (Lipinski definition) is 2. The average Bonchev–Trinajstić information content (AvgIpc) is 3.38. The van der Waals surface area contributed by atoms with E-state index in [9.17, 15) is 14.4 Å². The van der Waals surface area contributed by atoms with Crippen LogP contribution in [-0.2, 0) is 16.0 Å². The van der Waals surface area contributed by atoms with Gasteiger partial charge in [0.2, 0.25) is 5.91 Å². The maximum Gasteiger partial charge on any atom is 0.325 e. The van der Waals surface area contributed by atoms with Crippen LogP contribution >= 0.6 is 0 Å². The fourth-order valence-electron chi connectivity index (χ4n) is 4.17. The molecule has 0 aliphatic carbocycles. The van der Waals surface area contributed by atoms with Gasteiger partial charge in [-0.2, -0.15) is 0 Å². The fraction of sp³-hybridized carbons (Fsp3) is 0.375. The molecule has 0 radical (unpaired) electrons. The molecule has 2 N–H and O–H groups in total. The van der Waals surface area contributed by atoms with E-state index in [4.69, 9.17) is 0 Å². The van der Waals surface area contributed by atoms with Gasteiger partial charge < -0.3 is 15.5 Å². The molecule has 2 fully saturated rings. The summed E-state index contributed by atoms with van der Waals surface area (Å²) in [5.41, 5.74) is 1.87. The number of anilines is 2. The minimum Gasteiger partial charge on any atom is -0.372 e. The van der Waals surface area contributed by atoms with E-state index >= 15 is 0 Å². The third-order valence-corrected chi connectivity index (χ3v) is 6.03. The van der Waals surface area contributed by atoms with E-state index in [1.807, 2.05) is 54.6 Å². The van der Waals surface area contributed by atoms with Crippen molar-refractivity contribution < 1.29 is 14.4 Å². The van der Waals surface area contributed by atoms with Crippen LogP contribution in [0.4, 0.5) is 16.2 Å². The molecule has 1 atom stereocenters. The van der Waals surface area contributed by atoms with Crippen molar-refractivity contribution in [3.63, 3.8) is 0 Å². The quantitative estimate of drug-likeness (QED) is 0.674. The normalized spacial score (nSPS) is 20.8. The largest absolute Gasteiger partial charge is 0.372 e. The molecule has 2 aliphatic rings. The first-order valence-electron chi connectivity index (χ1n) is 10.8. The summed E-state index contributed by atoms with van der Waals surface area (Å²) in [6, 6.07) is 16.9. The van der Waals surface area contributed by atoms with Gasteiger partial charge in [0.05, 0.1) is 0 Å². The lowest BCUT2D eigenvalue weighted by atomic mass is 9.93. The number of imide groups is 1. The van der Waals surface area contributed by atoms with Gasteiger partial charge in [-0.15, -0.1) is 0 Å². The zero-order chi connectivity index (χ0) is 21.8. The van der Waals surface area contributed by atoms with Crippen LogP contribution < -0.4 is 15.5 Å². The van der Waals surface area contributed by atoms with Gasteiger partial charge >= 0.3 is 6.03 Å². The maximum atomic E-state index is 12.9.